The quantitative estimate of drug-likeness (QED) is 0.0507. The highest BCUT2D eigenvalue weighted by Crippen LogP contribution is 2.24. The van der Waals surface area contributed by atoms with Crippen LogP contribution in [0.15, 0.2) is 72.8 Å². The molecule has 0 radical (unpaired) electrons. The molecule has 250 valence electrons. The fraction of sp³-hybridized carbons (Fsp3) is 0.535. The molecule has 3 rings (SSSR count). The second kappa shape index (κ2) is 23.2. The Kier molecular flexibility index (Phi) is 18.8. The number of hydrogen-bond donors (Lipinski definition) is 0. The maximum atomic E-state index is 13.1. The standard InChI is InChI=1S/C43H60O3/c1-3-5-7-9-11-13-14-15-17-19-23-36-26-28-37(29-27-36)38-30-32-39(33-31-38)41(44)35-42(45)40-24-20-21-25-43(40)46-34-22-18-16-12-10-8-6-4-2/h20-21,24-33H,3-19,22-23,34-35H2,1-2H3. The number of aryl methyl sites for hydroxylation is 1. The maximum Gasteiger partial charge on any atom is 0.174 e. The van der Waals surface area contributed by atoms with Crippen LogP contribution in [-0.2, 0) is 6.42 Å². The first-order valence-electron chi connectivity index (χ1n) is 18.6. The molecule has 0 saturated heterocycles. The summed E-state index contributed by atoms with van der Waals surface area (Å²) in [4.78, 5) is 26.1. The summed E-state index contributed by atoms with van der Waals surface area (Å²) in [7, 11) is 0. The van der Waals surface area contributed by atoms with Gasteiger partial charge in [-0.15, -0.1) is 0 Å². The highest BCUT2D eigenvalue weighted by molar-refractivity contribution is 6.14. The number of carbonyl (C=O) groups is 2. The van der Waals surface area contributed by atoms with Gasteiger partial charge in [0.25, 0.3) is 0 Å². The lowest BCUT2D eigenvalue weighted by molar-refractivity contribution is 0.0892. The minimum atomic E-state index is -0.196. The van der Waals surface area contributed by atoms with Crippen molar-refractivity contribution in [2.24, 2.45) is 0 Å². The Morgan fingerprint density at radius 3 is 1.54 bits per heavy atom. The number of unbranched alkanes of at least 4 members (excludes halogenated alkanes) is 16. The predicted molar refractivity (Wildman–Crippen MR) is 195 cm³/mol. The Morgan fingerprint density at radius 2 is 0.978 bits per heavy atom. The highest BCUT2D eigenvalue weighted by atomic mass is 16.5. The Labute approximate surface area is 280 Å². The molecule has 0 fully saturated rings. The van der Waals surface area contributed by atoms with Crippen molar-refractivity contribution in [2.75, 3.05) is 6.61 Å². The van der Waals surface area contributed by atoms with Crippen molar-refractivity contribution in [3.05, 3.63) is 89.5 Å². The van der Waals surface area contributed by atoms with Gasteiger partial charge in [-0.2, -0.15) is 0 Å². The summed E-state index contributed by atoms with van der Waals surface area (Å²) in [5.74, 6) is 0.218. The fourth-order valence-corrected chi connectivity index (χ4v) is 6.11. The number of rotatable bonds is 26. The van der Waals surface area contributed by atoms with Crippen molar-refractivity contribution in [3.63, 3.8) is 0 Å². The molecule has 0 aliphatic heterocycles. The fourth-order valence-electron chi connectivity index (χ4n) is 6.11. The third-order valence-corrected chi connectivity index (χ3v) is 9.08. The summed E-state index contributed by atoms with van der Waals surface area (Å²) in [6, 6.07) is 23.8. The molecule has 0 amide bonds. The van der Waals surface area contributed by atoms with Crippen molar-refractivity contribution in [3.8, 4) is 16.9 Å². The normalized spacial score (nSPS) is 11.1. The second-order valence-corrected chi connectivity index (χ2v) is 13.0. The van der Waals surface area contributed by atoms with E-state index in [-0.39, 0.29) is 18.0 Å². The molecule has 0 aliphatic carbocycles. The molecule has 0 aliphatic rings. The average molecular weight is 625 g/mol. The monoisotopic (exact) mass is 624 g/mol. The Morgan fingerprint density at radius 1 is 0.500 bits per heavy atom. The summed E-state index contributed by atoms with van der Waals surface area (Å²) in [6.07, 6.45) is 24.4. The lowest BCUT2D eigenvalue weighted by Gasteiger charge is -2.11. The van der Waals surface area contributed by atoms with Crippen LogP contribution in [-0.4, -0.2) is 18.2 Å². The largest absolute Gasteiger partial charge is 0.493 e. The van der Waals surface area contributed by atoms with Gasteiger partial charge < -0.3 is 4.74 Å². The zero-order chi connectivity index (χ0) is 32.7. The molecule has 0 saturated carbocycles. The van der Waals surface area contributed by atoms with Gasteiger partial charge in [-0.25, -0.2) is 0 Å². The van der Waals surface area contributed by atoms with E-state index in [1.165, 1.54) is 108 Å². The Balaban J connectivity index is 1.38. The van der Waals surface area contributed by atoms with Gasteiger partial charge in [-0.05, 0) is 48.1 Å². The van der Waals surface area contributed by atoms with Crippen molar-refractivity contribution in [1.82, 2.24) is 0 Å². The maximum absolute atomic E-state index is 13.1. The predicted octanol–water partition coefficient (Wildman–Crippen LogP) is 12.8. The van der Waals surface area contributed by atoms with Gasteiger partial charge in [0.2, 0.25) is 0 Å². The van der Waals surface area contributed by atoms with Gasteiger partial charge in [0.1, 0.15) is 5.75 Å². The first kappa shape index (κ1) is 37.3. The van der Waals surface area contributed by atoms with Crippen LogP contribution in [0, 0.1) is 0 Å². The van der Waals surface area contributed by atoms with E-state index in [1.54, 1.807) is 6.07 Å². The summed E-state index contributed by atoms with van der Waals surface area (Å²) in [6.45, 7) is 5.11. The summed E-state index contributed by atoms with van der Waals surface area (Å²) < 4.78 is 5.99. The number of para-hydroxylation sites is 1. The minimum Gasteiger partial charge on any atom is -0.493 e. The molecule has 3 aromatic rings. The first-order chi connectivity index (χ1) is 22.6. The zero-order valence-electron chi connectivity index (χ0n) is 29.0. The van der Waals surface area contributed by atoms with E-state index in [4.69, 9.17) is 4.74 Å². The van der Waals surface area contributed by atoms with E-state index in [0.717, 1.165) is 30.4 Å². The lowest BCUT2D eigenvalue weighted by Crippen LogP contribution is -2.11. The van der Waals surface area contributed by atoms with E-state index < -0.39 is 0 Å². The van der Waals surface area contributed by atoms with Crippen LogP contribution < -0.4 is 4.74 Å². The molecule has 0 spiro atoms. The van der Waals surface area contributed by atoms with E-state index in [0.29, 0.717) is 23.5 Å². The van der Waals surface area contributed by atoms with Crippen LogP contribution in [0.1, 0.15) is 162 Å². The van der Waals surface area contributed by atoms with E-state index in [2.05, 4.69) is 38.1 Å². The van der Waals surface area contributed by atoms with Crippen molar-refractivity contribution in [2.45, 2.75) is 142 Å². The van der Waals surface area contributed by atoms with Gasteiger partial charge in [0.15, 0.2) is 11.6 Å². The van der Waals surface area contributed by atoms with Crippen LogP contribution in [0.25, 0.3) is 11.1 Å². The first-order valence-corrected chi connectivity index (χ1v) is 18.6. The van der Waals surface area contributed by atoms with Gasteiger partial charge >= 0.3 is 0 Å². The topological polar surface area (TPSA) is 43.4 Å². The molecule has 0 atom stereocenters. The lowest BCUT2D eigenvalue weighted by atomic mass is 9.97. The highest BCUT2D eigenvalue weighted by Gasteiger charge is 2.17. The van der Waals surface area contributed by atoms with Crippen LogP contribution in [0.5, 0.6) is 5.75 Å². The van der Waals surface area contributed by atoms with Crippen molar-refractivity contribution < 1.29 is 14.3 Å². The summed E-state index contributed by atoms with van der Waals surface area (Å²) in [5.41, 5.74) is 4.66. The van der Waals surface area contributed by atoms with E-state index >= 15 is 0 Å². The SMILES string of the molecule is CCCCCCCCCCCCc1ccc(-c2ccc(C(=O)CC(=O)c3ccccc3OCCCCCCCCCC)cc2)cc1. The number of benzene rings is 3. The van der Waals surface area contributed by atoms with Gasteiger partial charge in [-0.1, -0.05) is 177 Å². The molecule has 3 heteroatoms. The van der Waals surface area contributed by atoms with Crippen molar-refractivity contribution >= 4 is 11.6 Å². The molecule has 3 aromatic carbocycles. The van der Waals surface area contributed by atoms with Crippen molar-refractivity contribution in [1.29, 1.82) is 0 Å². The summed E-state index contributed by atoms with van der Waals surface area (Å²) in [5, 5.41) is 0. The Bertz CT molecular complexity index is 1240. The second-order valence-electron chi connectivity index (χ2n) is 13.0. The molecule has 0 bridgehead atoms. The molecular weight excluding hydrogens is 564 g/mol. The molecule has 0 unspecified atom stereocenters. The Hall–Kier alpha value is -3.20. The summed E-state index contributed by atoms with van der Waals surface area (Å²) >= 11 is 0. The van der Waals surface area contributed by atoms with Crippen LogP contribution in [0.3, 0.4) is 0 Å². The smallest absolute Gasteiger partial charge is 0.174 e. The molecule has 3 nitrogen and oxygen atoms in total. The zero-order valence-corrected chi connectivity index (χ0v) is 29.0. The minimum absolute atomic E-state index is 0.162. The molecule has 0 heterocycles. The number of hydrogen-bond acceptors (Lipinski definition) is 3. The van der Waals surface area contributed by atoms with Gasteiger partial charge in [0, 0.05) is 5.56 Å². The number of carbonyl (C=O) groups excluding carboxylic acids is 2. The number of ketones is 2. The average Bonchev–Trinajstić information content (AvgIpc) is 3.09. The molecule has 0 aromatic heterocycles. The molecular formula is C43H60O3. The van der Waals surface area contributed by atoms with Gasteiger partial charge in [-0.3, -0.25) is 9.59 Å². The van der Waals surface area contributed by atoms with Crippen LogP contribution >= 0.6 is 0 Å². The van der Waals surface area contributed by atoms with Crippen LogP contribution in [0.2, 0.25) is 0 Å². The van der Waals surface area contributed by atoms with Gasteiger partial charge in [0.05, 0.1) is 18.6 Å². The third kappa shape index (κ3) is 14.5. The molecule has 46 heavy (non-hydrogen) atoms. The number of Topliss-reactive ketones (excluding diaryl/α,β-unsaturated/α-hetero) is 2. The molecule has 0 N–H and O–H groups in total. The van der Waals surface area contributed by atoms with Crippen LogP contribution in [0.4, 0.5) is 0 Å². The number of ether oxygens (including phenoxy) is 1. The van der Waals surface area contributed by atoms with E-state index in [1.807, 2.05) is 42.5 Å². The van der Waals surface area contributed by atoms with E-state index in [9.17, 15) is 9.59 Å². The third-order valence-electron chi connectivity index (χ3n) is 9.08.